The van der Waals surface area contributed by atoms with E-state index in [2.05, 4.69) is 11.4 Å². The van der Waals surface area contributed by atoms with E-state index in [1.807, 2.05) is 24.3 Å². The van der Waals surface area contributed by atoms with E-state index in [1.54, 1.807) is 13.2 Å². The van der Waals surface area contributed by atoms with E-state index < -0.39 is 0 Å². The maximum atomic E-state index is 9.62. The number of aliphatic hydroxyl groups excluding tert-OH is 1. The third kappa shape index (κ3) is 3.42. The fraction of sp³-hybridized carbons (Fsp3) is 0.368. The van der Waals surface area contributed by atoms with Crippen molar-refractivity contribution < 1.29 is 14.9 Å². The number of aryl methyl sites for hydroxylation is 1. The van der Waals surface area contributed by atoms with Crippen LogP contribution in [-0.4, -0.2) is 30.5 Å². The Morgan fingerprint density at radius 2 is 2.04 bits per heavy atom. The van der Waals surface area contributed by atoms with Crippen LogP contribution in [0, 0.1) is 0 Å². The number of aromatic hydroxyl groups is 1. The van der Waals surface area contributed by atoms with Gasteiger partial charge in [-0.2, -0.15) is 0 Å². The molecule has 3 N–H and O–H groups in total. The molecule has 3 rings (SSSR count). The summed E-state index contributed by atoms with van der Waals surface area (Å²) in [6.07, 6.45) is 2.99. The Morgan fingerprint density at radius 1 is 1.17 bits per heavy atom. The predicted octanol–water partition coefficient (Wildman–Crippen LogP) is 3.08. The minimum atomic E-state index is 0.101. The van der Waals surface area contributed by atoms with E-state index in [4.69, 9.17) is 9.84 Å². The van der Waals surface area contributed by atoms with Gasteiger partial charge in [-0.1, -0.05) is 12.1 Å². The van der Waals surface area contributed by atoms with Crippen molar-refractivity contribution in [1.82, 2.24) is 0 Å². The zero-order chi connectivity index (χ0) is 16.2. The number of benzene rings is 2. The number of nitrogens with one attached hydrogen (secondary N) is 1. The summed E-state index contributed by atoms with van der Waals surface area (Å²) in [5.74, 6) is 1.59. The first-order valence-corrected chi connectivity index (χ1v) is 8.04. The van der Waals surface area contributed by atoms with Crippen LogP contribution in [0.2, 0.25) is 0 Å². The fourth-order valence-corrected chi connectivity index (χ4v) is 3.37. The molecule has 0 spiro atoms. The maximum absolute atomic E-state index is 9.62. The third-order valence-corrected chi connectivity index (χ3v) is 4.55. The van der Waals surface area contributed by atoms with Crippen molar-refractivity contribution in [3.63, 3.8) is 0 Å². The zero-order valence-electron chi connectivity index (χ0n) is 13.4. The molecule has 122 valence electrons. The number of aliphatic hydroxyl groups is 1. The predicted molar refractivity (Wildman–Crippen MR) is 91.4 cm³/mol. The van der Waals surface area contributed by atoms with Crippen molar-refractivity contribution in [1.29, 1.82) is 0 Å². The van der Waals surface area contributed by atoms with Crippen molar-refractivity contribution in [3.05, 3.63) is 53.1 Å². The lowest BCUT2D eigenvalue weighted by Crippen LogP contribution is -2.15. The van der Waals surface area contributed by atoms with Crippen molar-refractivity contribution in [2.45, 2.75) is 25.2 Å². The van der Waals surface area contributed by atoms with Crippen LogP contribution in [0.1, 0.15) is 29.0 Å². The van der Waals surface area contributed by atoms with Gasteiger partial charge in [-0.3, -0.25) is 0 Å². The Balaban J connectivity index is 1.88. The van der Waals surface area contributed by atoms with E-state index in [0.717, 1.165) is 30.7 Å². The van der Waals surface area contributed by atoms with Gasteiger partial charge in [0, 0.05) is 18.3 Å². The van der Waals surface area contributed by atoms with Gasteiger partial charge in [0.2, 0.25) is 0 Å². The van der Waals surface area contributed by atoms with Gasteiger partial charge in [0.25, 0.3) is 0 Å². The Labute approximate surface area is 136 Å². The van der Waals surface area contributed by atoms with Crippen LogP contribution < -0.4 is 10.1 Å². The Bertz CT molecular complexity index is 684. The normalized spacial score (nSPS) is 16.7. The van der Waals surface area contributed by atoms with Crippen molar-refractivity contribution in [2.75, 3.05) is 25.6 Å². The average Bonchev–Trinajstić information content (AvgIpc) is 2.59. The summed E-state index contributed by atoms with van der Waals surface area (Å²) in [6.45, 7) is 0.626. The first-order valence-electron chi connectivity index (χ1n) is 8.04. The molecule has 0 aliphatic heterocycles. The van der Waals surface area contributed by atoms with Crippen LogP contribution in [0.3, 0.4) is 0 Å². The monoisotopic (exact) mass is 313 g/mol. The lowest BCUT2D eigenvalue weighted by molar-refractivity contribution is 0.311. The van der Waals surface area contributed by atoms with E-state index in [9.17, 15) is 5.11 Å². The van der Waals surface area contributed by atoms with Crippen LogP contribution in [0.4, 0.5) is 5.69 Å². The van der Waals surface area contributed by atoms with Crippen LogP contribution in [0.5, 0.6) is 11.5 Å². The number of ether oxygens (including phenoxy) is 1. The second-order valence-corrected chi connectivity index (χ2v) is 6.00. The zero-order valence-corrected chi connectivity index (χ0v) is 13.4. The summed E-state index contributed by atoms with van der Waals surface area (Å²) in [5, 5.41) is 22.0. The highest BCUT2D eigenvalue weighted by Gasteiger charge is 2.22. The van der Waals surface area contributed by atoms with E-state index >= 15 is 0 Å². The summed E-state index contributed by atoms with van der Waals surface area (Å²) in [4.78, 5) is 0. The number of fused-ring (bicyclic) bond motifs is 1. The SMILES string of the molecule is COc1ccc(C2CCc3cc(O)ccc3C2)c(NCCO)c1. The molecule has 0 amide bonds. The van der Waals surface area contributed by atoms with Crippen molar-refractivity contribution in [3.8, 4) is 11.5 Å². The first kappa shape index (κ1) is 15.7. The van der Waals surface area contributed by atoms with Gasteiger partial charge in [0.1, 0.15) is 11.5 Å². The third-order valence-electron chi connectivity index (χ3n) is 4.55. The Kier molecular flexibility index (Phi) is 4.72. The van der Waals surface area contributed by atoms with E-state index in [-0.39, 0.29) is 6.61 Å². The molecule has 0 aromatic heterocycles. The molecule has 0 bridgehead atoms. The lowest BCUT2D eigenvalue weighted by atomic mass is 9.79. The van der Waals surface area contributed by atoms with Gasteiger partial charge in [-0.05, 0) is 60.1 Å². The molecule has 4 heteroatoms. The average molecular weight is 313 g/mol. The summed E-state index contributed by atoms with van der Waals surface area (Å²) >= 11 is 0. The Hall–Kier alpha value is -2.20. The number of hydrogen-bond acceptors (Lipinski definition) is 4. The van der Waals surface area contributed by atoms with Gasteiger partial charge in [-0.15, -0.1) is 0 Å². The van der Waals surface area contributed by atoms with Gasteiger partial charge >= 0.3 is 0 Å². The number of methoxy groups -OCH3 is 1. The van der Waals surface area contributed by atoms with E-state index in [1.165, 1.54) is 16.7 Å². The topological polar surface area (TPSA) is 61.7 Å². The Morgan fingerprint density at radius 3 is 2.83 bits per heavy atom. The van der Waals surface area contributed by atoms with Gasteiger partial charge in [-0.25, -0.2) is 0 Å². The summed E-state index contributed by atoms with van der Waals surface area (Å²) in [6, 6.07) is 11.8. The summed E-state index contributed by atoms with van der Waals surface area (Å²) < 4.78 is 5.32. The molecule has 1 atom stereocenters. The highest BCUT2D eigenvalue weighted by Crippen LogP contribution is 2.38. The molecule has 0 radical (unpaired) electrons. The molecule has 23 heavy (non-hydrogen) atoms. The maximum Gasteiger partial charge on any atom is 0.120 e. The second kappa shape index (κ2) is 6.92. The second-order valence-electron chi connectivity index (χ2n) is 6.00. The number of phenolic OH excluding ortho intramolecular Hbond substituents is 1. The highest BCUT2D eigenvalue weighted by atomic mass is 16.5. The van der Waals surface area contributed by atoms with E-state index in [0.29, 0.717) is 18.2 Å². The smallest absolute Gasteiger partial charge is 0.120 e. The standard InChI is InChI=1S/C19H23NO3/c1-23-17-6-7-18(19(12-17)20-8-9-21)15-3-2-14-11-16(22)5-4-13(14)10-15/h4-7,11-12,15,20-22H,2-3,8-10H2,1H3. The minimum Gasteiger partial charge on any atom is -0.508 e. The largest absolute Gasteiger partial charge is 0.508 e. The quantitative estimate of drug-likeness (QED) is 0.794. The number of anilines is 1. The van der Waals surface area contributed by atoms with Crippen LogP contribution >= 0.6 is 0 Å². The number of rotatable bonds is 5. The summed E-state index contributed by atoms with van der Waals surface area (Å²) in [5.41, 5.74) is 4.85. The molecule has 1 unspecified atom stereocenters. The molecule has 0 saturated carbocycles. The lowest BCUT2D eigenvalue weighted by Gasteiger charge is -2.27. The van der Waals surface area contributed by atoms with Crippen LogP contribution in [0.25, 0.3) is 0 Å². The minimum absolute atomic E-state index is 0.101. The molecule has 1 aliphatic carbocycles. The van der Waals surface area contributed by atoms with Crippen molar-refractivity contribution >= 4 is 5.69 Å². The molecule has 1 aliphatic rings. The fourth-order valence-electron chi connectivity index (χ4n) is 3.37. The molecular formula is C19H23NO3. The van der Waals surface area contributed by atoms with Gasteiger partial charge in [0.15, 0.2) is 0 Å². The molecule has 0 fully saturated rings. The molecule has 0 saturated heterocycles. The van der Waals surface area contributed by atoms with Gasteiger partial charge < -0.3 is 20.3 Å². The highest BCUT2D eigenvalue weighted by molar-refractivity contribution is 5.57. The number of hydrogen-bond donors (Lipinski definition) is 3. The van der Waals surface area contributed by atoms with Crippen molar-refractivity contribution in [2.24, 2.45) is 0 Å². The molecule has 2 aromatic carbocycles. The molecular weight excluding hydrogens is 290 g/mol. The van der Waals surface area contributed by atoms with Crippen LogP contribution in [-0.2, 0) is 12.8 Å². The molecule has 2 aromatic rings. The first-order chi connectivity index (χ1) is 11.2. The molecule has 0 heterocycles. The van der Waals surface area contributed by atoms with Gasteiger partial charge in [0.05, 0.1) is 13.7 Å². The van der Waals surface area contributed by atoms with Crippen LogP contribution in [0.15, 0.2) is 36.4 Å². The number of phenols is 1. The molecule has 4 nitrogen and oxygen atoms in total. The summed E-state index contributed by atoms with van der Waals surface area (Å²) in [7, 11) is 1.66.